The van der Waals surface area contributed by atoms with Crippen LogP contribution in [0.1, 0.15) is 32.3 Å². The lowest BCUT2D eigenvalue weighted by Crippen LogP contribution is -2.38. The van der Waals surface area contributed by atoms with Gasteiger partial charge in [0.2, 0.25) is 0 Å². The summed E-state index contributed by atoms with van der Waals surface area (Å²) >= 11 is 0. The Bertz CT molecular complexity index is 397. The summed E-state index contributed by atoms with van der Waals surface area (Å²) in [4.78, 5) is 6.55. The fraction of sp³-hybridized carbons (Fsp3) is 0.667. The highest BCUT2D eigenvalue weighted by molar-refractivity contribution is 5.48. The molecule has 0 bridgehead atoms. The number of ether oxygens (including phenoxy) is 1. The summed E-state index contributed by atoms with van der Waals surface area (Å²) in [6, 6.07) is 1.94. The first-order valence-corrected chi connectivity index (χ1v) is 7.22. The van der Waals surface area contributed by atoms with Gasteiger partial charge in [0.15, 0.2) is 0 Å². The SMILES string of the molecule is CCC(CC)N(CCOC)c1ncc(F)cc1CNC. The Morgan fingerprint density at radius 1 is 1.40 bits per heavy atom. The van der Waals surface area contributed by atoms with Crippen LogP contribution in [0, 0.1) is 5.82 Å². The van der Waals surface area contributed by atoms with Crippen molar-refractivity contribution in [2.45, 2.75) is 39.3 Å². The van der Waals surface area contributed by atoms with Crippen molar-refractivity contribution in [2.75, 3.05) is 32.2 Å². The molecule has 1 aromatic heterocycles. The first-order valence-electron chi connectivity index (χ1n) is 7.22. The van der Waals surface area contributed by atoms with E-state index in [0.29, 0.717) is 19.2 Å². The van der Waals surface area contributed by atoms with E-state index in [4.69, 9.17) is 4.74 Å². The molecule has 5 heteroatoms. The molecule has 1 aromatic rings. The van der Waals surface area contributed by atoms with Gasteiger partial charge in [0.25, 0.3) is 0 Å². The zero-order valence-corrected chi connectivity index (χ0v) is 12.9. The van der Waals surface area contributed by atoms with Gasteiger partial charge in [-0.1, -0.05) is 13.8 Å². The number of anilines is 1. The van der Waals surface area contributed by atoms with Gasteiger partial charge in [-0.15, -0.1) is 0 Å². The number of halogens is 1. The molecule has 0 saturated heterocycles. The van der Waals surface area contributed by atoms with Crippen LogP contribution in [0.25, 0.3) is 0 Å². The highest BCUT2D eigenvalue weighted by Gasteiger charge is 2.20. The first kappa shape index (κ1) is 16.9. The summed E-state index contributed by atoms with van der Waals surface area (Å²) in [6.07, 6.45) is 3.34. The molecule has 0 saturated carbocycles. The standard InChI is InChI=1S/C15H26FN3O/c1-5-14(6-2)19(7-8-20-4)15-12(10-17-3)9-13(16)11-18-15/h9,11,14,17H,5-8,10H2,1-4H3. The maximum Gasteiger partial charge on any atom is 0.141 e. The molecule has 0 fully saturated rings. The second-order valence-corrected chi connectivity index (χ2v) is 4.82. The zero-order valence-electron chi connectivity index (χ0n) is 12.9. The third-order valence-corrected chi connectivity index (χ3v) is 3.47. The lowest BCUT2D eigenvalue weighted by Gasteiger charge is -2.33. The number of aromatic nitrogens is 1. The van der Waals surface area contributed by atoms with Crippen molar-refractivity contribution in [3.8, 4) is 0 Å². The van der Waals surface area contributed by atoms with E-state index >= 15 is 0 Å². The smallest absolute Gasteiger partial charge is 0.141 e. The quantitative estimate of drug-likeness (QED) is 0.756. The van der Waals surface area contributed by atoms with E-state index in [9.17, 15) is 4.39 Å². The lowest BCUT2D eigenvalue weighted by atomic mass is 10.1. The Kier molecular flexibility index (Phi) is 7.47. The summed E-state index contributed by atoms with van der Waals surface area (Å²) < 4.78 is 18.6. The topological polar surface area (TPSA) is 37.4 Å². The minimum Gasteiger partial charge on any atom is -0.383 e. The molecule has 20 heavy (non-hydrogen) atoms. The van der Waals surface area contributed by atoms with Crippen molar-refractivity contribution >= 4 is 5.82 Å². The van der Waals surface area contributed by atoms with E-state index in [1.807, 2.05) is 7.05 Å². The lowest BCUT2D eigenvalue weighted by molar-refractivity contribution is 0.202. The predicted octanol–water partition coefficient (Wildman–Crippen LogP) is 2.58. The van der Waals surface area contributed by atoms with Gasteiger partial charge >= 0.3 is 0 Å². The Morgan fingerprint density at radius 3 is 2.65 bits per heavy atom. The molecule has 114 valence electrons. The van der Waals surface area contributed by atoms with Gasteiger partial charge in [-0.3, -0.25) is 0 Å². The zero-order chi connectivity index (χ0) is 15.0. The van der Waals surface area contributed by atoms with Crippen molar-refractivity contribution in [1.82, 2.24) is 10.3 Å². The average molecular weight is 283 g/mol. The van der Waals surface area contributed by atoms with Crippen LogP contribution in [0.2, 0.25) is 0 Å². The third-order valence-electron chi connectivity index (χ3n) is 3.47. The summed E-state index contributed by atoms with van der Waals surface area (Å²) in [5, 5.41) is 3.07. The molecule has 0 aliphatic heterocycles. The average Bonchev–Trinajstić information content (AvgIpc) is 2.45. The van der Waals surface area contributed by atoms with Gasteiger partial charge in [0, 0.05) is 31.8 Å². The number of rotatable bonds is 9. The van der Waals surface area contributed by atoms with E-state index in [-0.39, 0.29) is 5.82 Å². The molecular weight excluding hydrogens is 257 g/mol. The Hall–Kier alpha value is -1.20. The molecule has 0 aromatic carbocycles. The first-order chi connectivity index (χ1) is 9.67. The number of nitrogens with one attached hydrogen (secondary N) is 1. The predicted molar refractivity (Wildman–Crippen MR) is 80.6 cm³/mol. The van der Waals surface area contributed by atoms with E-state index in [2.05, 4.69) is 29.0 Å². The molecule has 1 rings (SSSR count). The molecule has 0 radical (unpaired) electrons. The van der Waals surface area contributed by atoms with Crippen LogP contribution in [0.4, 0.5) is 10.2 Å². The van der Waals surface area contributed by atoms with Crippen LogP contribution >= 0.6 is 0 Å². The Balaban J connectivity index is 3.10. The van der Waals surface area contributed by atoms with Crippen LogP contribution in [0.15, 0.2) is 12.3 Å². The fourth-order valence-corrected chi connectivity index (χ4v) is 2.43. The maximum atomic E-state index is 13.4. The number of nitrogens with zero attached hydrogens (tertiary/aromatic N) is 2. The highest BCUT2D eigenvalue weighted by Crippen LogP contribution is 2.23. The number of pyridine rings is 1. The number of hydrogen-bond acceptors (Lipinski definition) is 4. The summed E-state index contributed by atoms with van der Waals surface area (Å²) in [5.41, 5.74) is 0.885. The van der Waals surface area contributed by atoms with Gasteiger partial charge in [-0.05, 0) is 26.0 Å². The molecule has 4 nitrogen and oxygen atoms in total. The normalized spacial score (nSPS) is 11.1. The fourth-order valence-electron chi connectivity index (χ4n) is 2.43. The van der Waals surface area contributed by atoms with Crippen LogP contribution in [-0.4, -0.2) is 38.3 Å². The minimum absolute atomic E-state index is 0.296. The molecule has 0 unspecified atom stereocenters. The van der Waals surface area contributed by atoms with Gasteiger partial charge in [0.1, 0.15) is 11.6 Å². The second kappa shape index (κ2) is 8.87. The largest absolute Gasteiger partial charge is 0.383 e. The molecular formula is C15H26FN3O. The van der Waals surface area contributed by atoms with Crippen molar-refractivity contribution in [3.63, 3.8) is 0 Å². The van der Waals surface area contributed by atoms with Crippen molar-refractivity contribution < 1.29 is 9.13 Å². The molecule has 0 aliphatic rings. The maximum absolute atomic E-state index is 13.4. The van der Waals surface area contributed by atoms with Crippen LogP contribution in [-0.2, 0) is 11.3 Å². The summed E-state index contributed by atoms with van der Waals surface area (Å²) in [6.45, 7) is 6.32. The molecule has 0 aliphatic carbocycles. The Morgan fingerprint density at radius 2 is 2.10 bits per heavy atom. The van der Waals surface area contributed by atoms with Gasteiger partial charge < -0.3 is 15.0 Å². The van der Waals surface area contributed by atoms with Crippen molar-refractivity contribution in [2.24, 2.45) is 0 Å². The van der Waals surface area contributed by atoms with Gasteiger partial charge in [0.05, 0.1) is 12.8 Å². The molecule has 0 spiro atoms. The molecule has 0 atom stereocenters. The summed E-state index contributed by atoms with van der Waals surface area (Å²) in [7, 11) is 3.54. The van der Waals surface area contributed by atoms with E-state index in [1.165, 1.54) is 6.20 Å². The number of methoxy groups -OCH3 is 1. The van der Waals surface area contributed by atoms with E-state index < -0.39 is 0 Å². The summed E-state index contributed by atoms with van der Waals surface area (Å²) in [5.74, 6) is 0.557. The minimum atomic E-state index is -0.296. The van der Waals surface area contributed by atoms with Crippen molar-refractivity contribution in [3.05, 3.63) is 23.6 Å². The second-order valence-electron chi connectivity index (χ2n) is 4.82. The van der Waals surface area contributed by atoms with Crippen molar-refractivity contribution in [1.29, 1.82) is 0 Å². The molecule has 0 amide bonds. The van der Waals surface area contributed by atoms with E-state index in [1.54, 1.807) is 13.2 Å². The third kappa shape index (κ3) is 4.42. The van der Waals surface area contributed by atoms with Crippen LogP contribution < -0.4 is 10.2 Å². The van der Waals surface area contributed by atoms with Gasteiger partial charge in [-0.2, -0.15) is 0 Å². The van der Waals surface area contributed by atoms with Crippen LogP contribution in [0.5, 0.6) is 0 Å². The van der Waals surface area contributed by atoms with Crippen LogP contribution in [0.3, 0.4) is 0 Å². The van der Waals surface area contributed by atoms with Gasteiger partial charge in [-0.25, -0.2) is 9.37 Å². The molecule has 1 N–H and O–H groups in total. The monoisotopic (exact) mass is 283 g/mol. The number of hydrogen-bond donors (Lipinski definition) is 1. The Labute approximate surface area is 121 Å². The van der Waals surface area contributed by atoms with E-state index in [0.717, 1.165) is 30.8 Å². The highest BCUT2D eigenvalue weighted by atomic mass is 19.1. The molecule has 1 heterocycles.